The Bertz CT molecular complexity index is 835. The highest BCUT2D eigenvalue weighted by molar-refractivity contribution is 7.46. The Morgan fingerprint density at radius 2 is 2.00 bits per heavy atom. The van der Waals surface area contributed by atoms with E-state index in [1.165, 1.54) is 10.9 Å². The van der Waals surface area contributed by atoms with Gasteiger partial charge < -0.3 is 47.3 Å². The van der Waals surface area contributed by atoms with Gasteiger partial charge in [0.05, 0.1) is 19.0 Å². The van der Waals surface area contributed by atoms with Gasteiger partial charge in [-0.15, -0.1) is 0 Å². The second kappa shape index (κ2) is 9.81. The van der Waals surface area contributed by atoms with Crippen molar-refractivity contribution in [2.24, 2.45) is 0 Å². The van der Waals surface area contributed by atoms with Gasteiger partial charge in [-0.2, -0.15) is 4.98 Å². The van der Waals surface area contributed by atoms with Crippen molar-refractivity contribution in [2.45, 2.75) is 24.9 Å². The molecule has 0 unspecified atom stereocenters. The molecule has 0 amide bonds. The number of hydrogen-bond donors (Lipinski definition) is 5. The number of aromatic nitrogens is 4. The van der Waals surface area contributed by atoms with Gasteiger partial charge in [-0.3, -0.25) is 18.9 Å². The summed E-state index contributed by atoms with van der Waals surface area (Å²) in [4.78, 5) is 39.3. The van der Waals surface area contributed by atoms with Crippen molar-refractivity contribution < 1.29 is 50.6 Å². The number of anilines is 1. The lowest BCUT2D eigenvalue weighted by Gasteiger charge is -2.16. The smallest absolute Gasteiger partial charge is 0.412 e. The summed E-state index contributed by atoms with van der Waals surface area (Å²) in [5, 5.41) is 9.93. The van der Waals surface area contributed by atoms with Crippen LogP contribution in [0.2, 0.25) is 0 Å². The molecular formula is C10H22N5O11P. The number of phosphoric acid groups is 1. The van der Waals surface area contributed by atoms with Crippen LogP contribution in [-0.4, -0.2) is 75.1 Å². The van der Waals surface area contributed by atoms with Crippen LogP contribution in [0, 0.1) is 0 Å². The monoisotopic (exact) mass is 419 g/mol. The molecule has 2 aromatic heterocycles. The van der Waals surface area contributed by atoms with Gasteiger partial charge in [0, 0.05) is 6.42 Å². The molecule has 1 aliphatic rings. The SMILES string of the molecule is Nc1nc2c(ncn2[C@H]2C[C@H](O)[C@@H](COP(=O)(O)O)O2)c(=O)[nH]1.O.O.O.O. The lowest BCUT2D eigenvalue weighted by Crippen LogP contribution is -2.25. The zero-order chi connectivity index (χ0) is 16.8. The predicted octanol–water partition coefficient (Wildman–Crippen LogP) is -4.84. The lowest BCUT2D eigenvalue weighted by atomic mass is 10.2. The molecular weight excluding hydrogens is 397 g/mol. The van der Waals surface area contributed by atoms with E-state index >= 15 is 0 Å². The van der Waals surface area contributed by atoms with E-state index in [-0.39, 0.29) is 45.4 Å². The molecule has 27 heavy (non-hydrogen) atoms. The van der Waals surface area contributed by atoms with Crippen LogP contribution in [-0.2, 0) is 13.8 Å². The minimum Gasteiger partial charge on any atom is -0.412 e. The van der Waals surface area contributed by atoms with Crippen LogP contribution in [0.15, 0.2) is 11.1 Å². The van der Waals surface area contributed by atoms with Crippen LogP contribution < -0.4 is 11.3 Å². The first kappa shape index (κ1) is 27.2. The van der Waals surface area contributed by atoms with Crippen LogP contribution in [0.4, 0.5) is 5.95 Å². The molecule has 3 heterocycles. The fourth-order valence-electron chi connectivity index (χ4n) is 2.36. The summed E-state index contributed by atoms with van der Waals surface area (Å²) < 4.78 is 22.0. The second-order valence-electron chi connectivity index (χ2n) is 4.99. The summed E-state index contributed by atoms with van der Waals surface area (Å²) in [6, 6.07) is 0. The van der Waals surface area contributed by atoms with Crippen molar-refractivity contribution in [3.63, 3.8) is 0 Å². The van der Waals surface area contributed by atoms with E-state index in [9.17, 15) is 14.5 Å². The van der Waals surface area contributed by atoms with Gasteiger partial charge in [-0.1, -0.05) is 0 Å². The third-order valence-electron chi connectivity index (χ3n) is 3.37. The van der Waals surface area contributed by atoms with Crippen LogP contribution in [0.25, 0.3) is 11.2 Å². The van der Waals surface area contributed by atoms with E-state index in [0.29, 0.717) is 0 Å². The fraction of sp³-hybridized carbons (Fsp3) is 0.500. The van der Waals surface area contributed by atoms with Gasteiger partial charge in [0.25, 0.3) is 5.56 Å². The van der Waals surface area contributed by atoms with Gasteiger partial charge in [-0.25, -0.2) is 9.55 Å². The zero-order valence-electron chi connectivity index (χ0n) is 13.6. The molecule has 1 fully saturated rings. The first-order valence-electron chi connectivity index (χ1n) is 6.50. The number of nitrogens with two attached hydrogens (primary N) is 1. The average Bonchev–Trinajstić information content (AvgIpc) is 2.99. The van der Waals surface area contributed by atoms with Crippen molar-refractivity contribution in [3.8, 4) is 0 Å². The molecule has 0 spiro atoms. The van der Waals surface area contributed by atoms with Crippen molar-refractivity contribution in [3.05, 3.63) is 16.7 Å². The van der Waals surface area contributed by atoms with E-state index in [1.807, 2.05) is 0 Å². The standard InChI is InChI=1S/C10H14N5O7P.4H2O/c11-10-13-8-7(9(17)14-10)12-3-15(8)6-1-4(16)5(22-6)2-21-23(18,19)20;;;;/h3-6,16H,1-2H2,(H2,18,19,20)(H3,11,13,14,17);4*1H2/t4-,5+,6+;;;;/m0..../s1. The van der Waals surface area contributed by atoms with Gasteiger partial charge in [0.15, 0.2) is 11.2 Å². The summed E-state index contributed by atoms with van der Waals surface area (Å²) in [5.74, 6) is -0.0934. The van der Waals surface area contributed by atoms with Crippen molar-refractivity contribution in [1.82, 2.24) is 19.5 Å². The number of fused-ring (bicyclic) bond motifs is 1. The van der Waals surface area contributed by atoms with Gasteiger partial charge in [0.1, 0.15) is 12.3 Å². The molecule has 17 heteroatoms. The van der Waals surface area contributed by atoms with Crippen LogP contribution in [0.3, 0.4) is 0 Å². The van der Waals surface area contributed by atoms with Crippen molar-refractivity contribution in [1.29, 1.82) is 0 Å². The number of nitrogens with one attached hydrogen (secondary N) is 1. The molecule has 16 nitrogen and oxygen atoms in total. The maximum absolute atomic E-state index is 11.7. The molecule has 2 aromatic rings. The maximum Gasteiger partial charge on any atom is 0.469 e. The Labute approximate surface area is 150 Å². The molecule has 1 saturated heterocycles. The number of hydrogen-bond acceptors (Lipinski definition) is 8. The third kappa shape index (κ3) is 5.75. The Hall–Kier alpha value is -1.98. The Morgan fingerprint density at radius 3 is 2.59 bits per heavy atom. The first-order valence-corrected chi connectivity index (χ1v) is 8.03. The number of aliphatic hydroxyl groups is 1. The van der Waals surface area contributed by atoms with E-state index in [1.54, 1.807) is 0 Å². The van der Waals surface area contributed by atoms with E-state index in [4.69, 9.17) is 20.3 Å². The average molecular weight is 419 g/mol. The summed E-state index contributed by atoms with van der Waals surface area (Å²) in [5.41, 5.74) is 5.23. The summed E-state index contributed by atoms with van der Waals surface area (Å²) in [6.45, 7) is -0.481. The number of phosphoric ester groups is 1. The molecule has 0 saturated carbocycles. The molecule has 0 bridgehead atoms. The van der Waals surface area contributed by atoms with Gasteiger partial charge >= 0.3 is 7.82 Å². The normalized spacial score (nSPS) is 21.5. The minimum atomic E-state index is -4.66. The summed E-state index contributed by atoms with van der Waals surface area (Å²) >= 11 is 0. The highest BCUT2D eigenvalue weighted by atomic mass is 31.2. The minimum absolute atomic E-state index is 0. The highest BCUT2D eigenvalue weighted by Crippen LogP contribution is 2.38. The Balaban J connectivity index is 0. The number of imidazole rings is 1. The number of aliphatic hydroxyl groups excluding tert-OH is 1. The Morgan fingerprint density at radius 1 is 1.37 bits per heavy atom. The van der Waals surface area contributed by atoms with E-state index in [2.05, 4.69) is 19.5 Å². The number of nitrogen functional groups attached to an aromatic ring is 1. The van der Waals surface area contributed by atoms with Gasteiger partial charge in [-0.05, 0) is 0 Å². The summed E-state index contributed by atoms with van der Waals surface area (Å²) in [7, 11) is -4.66. The Kier molecular flexibility index (Phi) is 9.90. The molecule has 0 aliphatic carbocycles. The molecule has 14 N–H and O–H groups in total. The number of ether oxygens (including phenoxy) is 1. The molecule has 1 aliphatic heterocycles. The molecule has 158 valence electrons. The fourth-order valence-corrected chi connectivity index (χ4v) is 2.70. The second-order valence-corrected chi connectivity index (χ2v) is 6.23. The van der Waals surface area contributed by atoms with Crippen molar-refractivity contribution >= 4 is 24.9 Å². The van der Waals surface area contributed by atoms with Gasteiger partial charge in [0.2, 0.25) is 5.95 Å². The zero-order valence-corrected chi connectivity index (χ0v) is 14.5. The maximum atomic E-state index is 11.7. The quantitative estimate of drug-likeness (QED) is 0.294. The molecule has 3 rings (SSSR count). The summed E-state index contributed by atoms with van der Waals surface area (Å²) in [6.07, 6.45) is -1.26. The molecule has 3 atom stereocenters. The highest BCUT2D eigenvalue weighted by Gasteiger charge is 2.37. The van der Waals surface area contributed by atoms with Crippen LogP contribution >= 0.6 is 7.82 Å². The van der Waals surface area contributed by atoms with Crippen LogP contribution in [0.1, 0.15) is 12.6 Å². The third-order valence-corrected chi connectivity index (χ3v) is 3.86. The molecule has 0 radical (unpaired) electrons. The van der Waals surface area contributed by atoms with E-state index < -0.39 is 38.4 Å². The van der Waals surface area contributed by atoms with Crippen LogP contribution in [0.5, 0.6) is 0 Å². The van der Waals surface area contributed by atoms with E-state index in [0.717, 1.165) is 0 Å². The number of rotatable bonds is 4. The lowest BCUT2D eigenvalue weighted by molar-refractivity contribution is -0.0424. The number of H-pyrrole nitrogens is 1. The predicted molar refractivity (Wildman–Crippen MR) is 89.5 cm³/mol. The number of nitrogens with zero attached hydrogens (tertiary/aromatic N) is 3. The first-order chi connectivity index (χ1) is 10.7. The molecule has 0 aromatic carbocycles. The number of aromatic amines is 1. The van der Waals surface area contributed by atoms with Crippen molar-refractivity contribution in [2.75, 3.05) is 12.3 Å². The topological polar surface area (TPSA) is 312 Å². The largest absolute Gasteiger partial charge is 0.469 e.